The molecule has 0 heterocycles. The summed E-state index contributed by atoms with van der Waals surface area (Å²) in [5, 5.41) is 0. The van der Waals surface area contributed by atoms with Crippen LogP contribution in [0.1, 0.15) is 23.5 Å². The fraction of sp³-hybridized carbons (Fsp3) is 0.200. The molecule has 0 radical (unpaired) electrons. The van der Waals surface area contributed by atoms with Crippen molar-refractivity contribution in [1.29, 1.82) is 0 Å². The molecule has 2 N–H and O–H groups in total. The lowest BCUT2D eigenvalue weighted by molar-refractivity contribution is 0.726. The second-order valence-corrected chi connectivity index (χ2v) is 3.95. The molecule has 0 spiro atoms. The van der Waals surface area contributed by atoms with Gasteiger partial charge in [-0.1, -0.05) is 60.7 Å². The molecule has 2 heteroatoms. The van der Waals surface area contributed by atoms with E-state index in [1.54, 1.807) is 0 Å². The molecular weight excluding hydrogens is 321 g/mol. The fourth-order valence-electron chi connectivity index (χ4n) is 2.06. The summed E-state index contributed by atoms with van der Waals surface area (Å²) in [6, 6.07) is 21.1. The van der Waals surface area contributed by atoms with Crippen LogP contribution in [-0.4, -0.2) is 6.54 Å². The zero-order chi connectivity index (χ0) is 11.2. The molecule has 0 fully saturated rings. The van der Waals surface area contributed by atoms with E-state index in [0.717, 1.165) is 6.42 Å². The second kappa shape index (κ2) is 7.45. The van der Waals surface area contributed by atoms with Crippen LogP contribution in [0.2, 0.25) is 0 Å². The molecule has 0 aliphatic carbocycles. The Morgan fingerprint density at radius 1 is 0.765 bits per heavy atom. The third-order valence-electron chi connectivity index (χ3n) is 2.86. The smallest absolute Gasteiger partial charge is 0.0101 e. The van der Waals surface area contributed by atoms with Crippen LogP contribution < -0.4 is 5.73 Å². The van der Waals surface area contributed by atoms with Crippen LogP contribution in [-0.2, 0) is 0 Å². The maximum Gasteiger partial charge on any atom is 0.0101 e. The number of halogens is 1. The van der Waals surface area contributed by atoms with Gasteiger partial charge in [0.2, 0.25) is 0 Å². The molecule has 0 atom stereocenters. The maximum absolute atomic E-state index is 5.70. The summed E-state index contributed by atoms with van der Waals surface area (Å²) >= 11 is 0. The Bertz CT molecular complexity index is 374. The fourth-order valence-corrected chi connectivity index (χ4v) is 2.06. The molecule has 1 nitrogen and oxygen atoms in total. The van der Waals surface area contributed by atoms with E-state index in [4.69, 9.17) is 5.73 Å². The SMILES string of the molecule is I.NCCC(c1ccccc1)c1ccccc1. The van der Waals surface area contributed by atoms with Crippen LogP contribution in [0.5, 0.6) is 0 Å². The molecule has 0 amide bonds. The summed E-state index contributed by atoms with van der Waals surface area (Å²) in [7, 11) is 0. The quantitative estimate of drug-likeness (QED) is 0.843. The van der Waals surface area contributed by atoms with Gasteiger partial charge in [-0.25, -0.2) is 0 Å². The van der Waals surface area contributed by atoms with Crippen LogP contribution in [0.25, 0.3) is 0 Å². The summed E-state index contributed by atoms with van der Waals surface area (Å²) in [5.74, 6) is 0.424. The molecule has 0 unspecified atom stereocenters. The minimum absolute atomic E-state index is 0. The molecule has 17 heavy (non-hydrogen) atoms. The first-order valence-corrected chi connectivity index (χ1v) is 5.72. The first-order chi connectivity index (χ1) is 7.92. The number of benzene rings is 2. The van der Waals surface area contributed by atoms with Crippen LogP contribution in [0.4, 0.5) is 0 Å². The van der Waals surface area contributed by atoms with Gasteiger partial charge in [0.1, 0.15) is 0 Å². The highest BCUT2D eigenvalue weighted by Gasteiger charge is 2.11. The van der Waals surface area contributed by atoms with Gasteiger partial charge in [-0.05, 0) is 24.1 Å². The molecule has 0 saturated carbocycles. The summed E-state index contributed by atoms with van der Waals surface area (Å²) < 4.78 is 0. The van der Waals surface area contributed by atoms with Crippen LogP contribution in [0.3, 0.4) is 0 Å². The maximum atomic E-state index is 5.70. The van der Waals surface area contributed by atoms with Crippen LogP contribution in [0.15, 0.2) is 60.7 Å². The van der Waals surface area contributed by atoms with Gasteiger partial charge in [0.15, 0.2) is 0 Å². The largest absolute Gasteiger partial charge is 0.330 e. The second-order valence-electron chi connectivity index (χ2n) is 3.95. The van der Waals surface area contributed by atoms with Crippen molar-refractivity contribution in [1.82, 2.24) is 0 Å². The van der Waals surface area contributed by atoms with Crippen LogP contribution in [0, 0.1) is 0 Å². The highest BCUT2D eigenvalue weighted by molar-refractivity contribution is 14.0. The Balaban J connectivity index is 0.00000144. The summed E-state index contributed by atoms with van der Waals surface area (Å²) in [6.45, 7) is 0.717. The van der Waals surface area contributed by atoms with Crippen molar-refractivity contribution >= 4 is 24.0 Å². The average Bonchev–Trinajstić information content (AvgIpc) is 2.38. The van der Waals surface area contributed by atoms with Crippen molar-refractivity contribution < 1.29 is 0 Å². The third kappa shape index (κ3) is 3.82. The Hall–Kier alpha value is -0.870. The highest BCUT2D eigenvalue weighted by Crippen LogP contribution is 2.26. The number of hydrogen-bond donors (Lipinski definition) is 1. The zero-order valence-corrected chi connectivity index (χ0v) is 12.1. The molecule has 90 valence electrons. The molecule has 0 aliphatic heterocycles. The summed E-state index contributed by atoms with van der Waals surface area (Å²) in [5.41, 5.74) is 8.40. The van der Waals surface area contributed by atoms with Gasteiger partial charge in [0.05, 0.1) is 0 Å². The van der Waals surface area contributed by atoms with E-state index in [9.17, 15) is 0 Å². The molecule has 0 bridgehead atoms. The van der Waals surface area contributed by atoms with Gasteiger partial charge in [-0.3, -0.25) is 0 Å². The Morgan fingerprint density at radius 3 is 1.53 bits per heavy atom. The lowest BCUT2D eigenvalue weighted by atomic mass is 9.89. The van der Waals surface area contributed by atoms with Gasteiger partial charge in [0.25, 0.3) is 0 Å². The van der Waals surface area contributed by atoms with E-state index in [-0.39, 0.29) is 24.0 Å². The van der Waals surface area contributed by atoms with Gasteiger partial charge in [-0.2, -0.15) is 0 Å². The minimum Gasteiger partial charge on any atom is -0.330 e. The molecule has 2 aromatic rings. The molecule has 2 aromatic carbocycles. The van der Waals surface area contributed by atoms with E-state index >= 15 is 0 Å². The third-order valence-corrected chi connectivity index (χ3v) is 2.86. The first kappa shape index (κ1) is 14.2. The molecule has 2 rings (SSSR count). The van der Waals surface area contributed by atoms with Gasteiger partial charge < -0.3 is 5.73 Å². The normalized spacial score (nSPS) is 10.0. The average molecular weight is 339 g/mol. The predicted octanol–water partition coefficient (Wildman–Crippen LogP) is 3.79. The molecular formula is C15H18IN. The monoisotopic (exact) mass is 339 g/mol. The number of hydrogen-bond acceptors (Lipinski definition) is 1. The standard InChI is InChI=1S/C15H17N.HI/c16-12-11-15(13-7-3-1-4-8-13)14-9-5-2-6-10-14;/h1-10,15H,11-12,16H2;1H. The lowest BCUT2D eigenvalue weighted by Gasteiger charge is -2.16. The Kier molecular flexibility index (Phi) is 6.22. The number of nitrogens with two attached hydrogens (primary N) is 1. The van der Waals surface area contributed by atoms with Crippen LogP contribution >= 0.6 is 24.0 Å². The molecule has 0 saturated heterocycles. The van der Waals surface area contributed by atoms with Gasteiger partial charge >= 0.3 is 0 Å². The van der Waals surface area contributed by atoms with E-state index < -0.39 is 0 Å². The zero-order valence-electron chi connectivity index (χ0n) is 9.75. The topological polar surface area (TPSA) is 26.0 Å². The van der Waals surface area contributed by atoms with E-state index in [1.165, 1.54) is 11.1 Å². The van der Waals surface area contributed by atoms with E-state index in [1.807, 2.05) is 12.1 Å². The number of rotatable bonds is 4. The summed E-state index contributed by atoms with van der Waals surface area (Å²) in [4.78, 5) is 0. The van der Waals surface area contributed by atoms with Crippen molar-refractivity contribution in [2.24, 2.45) is 5.73 Å². The Morgan fingerprint density at radius 2 is 1.18 bits per heavy atom. The van der Waals surface area contributed by atoms with Gasteiger partial charge in [-0.15, -0.1) is 24.0 Å². The summed E-state index contributed by atoms with van der Waals surface area (Å²) in [6.07, 6.45) is 0.994. The minimum atomic E-state index is 0. The van der Waals surface area contributed by atoms with Crippen molar-refractivity contribution in [2.75, 3.05) is 6.54 Å². The molecule has 0 aromatic heterocycles. The Labute approximate surface area is 120 Å². The molecule has 0 aliphatic rings. The van der Waals surface area contributed by atoms with Crippen molar-refractivity contribution in [3.8, 4) is 0 Å². The lowest BCUT2D eigenvalue weighted by Crippen LogP contribution is -2.08. The van der Waals surface area contributed by atoms with Crippen molar-refractivity contribution in [2.45, 2.75) is 12.3 Å². The predicted molar refractivity (Wildman–Crippen MR) is 83.8 cm³/mol. The van der Waals surface area contributed by atoms with E-state index in [0.29, 0.717) is 12.5 Å². The first-order valence-electron chi connectivity index (χ1n) is 5.72. The van der Waals surface area contributed by atoms with Crippen molar-refractivity contribution in [3.63, 3.8) is 0 Å². The highest BCUT2D eigenvalue weighted by atomic mass is 127. The van der Waals surface area contributed by atoms with E-state index in [2.05, 4.69) is 48.5 Å². The van der Waals surface area contributed by atoms with Crippen molar-refractivity contribution in [3.05, 3.63) is 71.8 Å². The van der Waals surface area contributed by atoms with Gasteiger partial charge in [0, 0.05) is 5.92 Å².